The van der Waals surface area contributed by atoms with Crippen molar-refractivity contribution in [3.8, 4) is 10.6 Å². The van der Waals surface area contributed by atoms with Crippen molar-refractivity contribution in [2.45, 2.75) is 40.3 Å². The molecule has 164 valence electrons. The zero-order chi connectivity index (χ0) is 22.4. The summed E-state index contributed by atoms with van der Waals surface area (Å²) in [6.07, 6.45) is 0.749. The van der Waals surface area contributed by atoms with Crippen LogP contribution in [0, 0.1) is 6.92 Å². The standard InChI is InChI=1S/C23H23N5O2S2/c1-4-28-17(11-13(2)26-28)21(30)25-23-20(22-24-16-7-5-6-8-18(16)31-22)15-9-10-27(14(3)29)12-19(15)32-23/h5-8,11H,4,9-10,12H2,1-3H3,(H,25,30). The Hall–Kier alpha value is -3.04. The van der Waals surface area contributed by atoms with Crippen LogP contribution in [0.15, 0.2) is 30.3 Å². The molecule has 0 aliphatic carbocycles. The summed E-state index contributed by atoms with van der Waals surface area (Å²) >= 11 is 3.17. The van der Waals surface area contributed by atoms with Gasteiger partial charge in [0.2, 0.25) is 5.91 Å². The maximum Gasteiger partial charge on any atom is 0.274 e. The number of fused-ring (bicyclic) bond motifs is 2. The molecule has 2 amide bonds. The van der Waals surface area contributed by atoms with Gasteiger partial charge >= 0.3 is 0 Å². The molecule has 32 heavy (non-hydrogen) atoms. The van der Waals surface area contributed by atoms with Crippen LogP contribution in [0.25, 0.3) is 20.8 Å². The predicted octanol–water partition coefficient (Wildman–Crippen LogP) is 4.71. The van der Waals surface area contributed by atoms with E-state index < -0.39 is 0 Å². The van der Waals surface area contributed by atoms with Gasteiger partial charge in [-0.2, -0.15) is 5.10 Å². The third-order valence-electron chi connectivity index (χ3n) is 5.67. The second kappa shape index (κ2) is 8.14. The minimum Gasteiger partial charge on any atom is -0.337 e. The van der Waals surface area contributed by atoms with E-state index in [-0.39, 0.29) is 11.8 Å². The molecule has 1 aliphatic rings. The van der Waals surface area contributed by atoms with Gasteiger partial charge in [0.05, 0.1) is 22.5 Å². The maximum atomic E-state index is 13.2. The molecule has 1 aromatic carbocycles. The quantitative estimate of drug-likeness (QED) is 0.473. The first-order chi connectivity index (χ1) is 15.4. The van der Waals surface area contributed by atoms with Gasteiger partial charge in [-0.3, -0.25) is 14.3 Å². The molecule has 3 aromatic heterocycles. The second-order valence-corrected chi connectivity index (χ2v) is 9.96. The number of hydrogen-bond donors (Lipinski definition) is 1. The van der Waals surface area contributed by atoms with Crippen LogP contribution in [-0.2, 0) is 24.3 Å². The van der Waals surface area contributed by atoms with E-state index in [0.717, 1.165) is 42.8 Å². The number of benzene rings is 1. The van der Waals surface area contributed by atoms with E-state index in [1.165, 1.54) is 5.56 Å². The Balaban J connectivity index is 1.59. The van der Waals surface area contributed by atoms with E-state index >= 15 is 0 Å². The normalized spacial score (nSPS) is 13.4. The number of thiophene rings is 1. The number of amides is 2. The number of thiazole rings is 1. The van der Waals surface area contributed by atoms with Crippen molar-refractivity contribution in [1.82, 2.24) is 19.7 Å². The van der Waals surface area contributed by atoms with Crippen LogP contribution in [0.3, 0.4) is 0 Å². The minimum atomic E-state index is -0.183. The molecule has 0 spiro atoms. The van der Waals surface area contributed by atoms with Gasteiger partial charge in [0, 0.05) is 30.5 Å². The highest BCUT2D eigenvalue weighted by Crippen LogP contribution is 2.45. The number of rotatable bonds is 4. The lowest BCUT2D eigenvalue weighted by atomic mass is 10.0. The number of nitrogens with one attached hydrogen (secondary N) is 1. The fourth-order valence-electron chi connectivity index (χ4n) is 4.10. The van der Waals surface area contributed by atoms with E-state index in [2.05, 4.69) is 16.5 Å². The predicted molar refractivity (Wildman–Crippen MR) is 128 cm³/mol. The number of carbonyl (C=O) groups excluding carboxylic acids is 2. The molecule has 5 rings (SSSR count). The lowest BCUT2D eigenvalue weighted by Gasteiger charge is -2.26. The fourth-order valence-corrected chi connectivity index (χ4v) is 6.47. The highest BCUT2D eigenvalue weighted by atomic mass is 32.1. The summed E-state index contributed by atoms with van der Waals surface area (Å²) in [4.78, 5) is 33.0. The van der Waals surface area contributed by atoms with E-state index in [9.17, 15) is 9.59 Å². The Kier molecular flexibility index (Phi) is 5.30. The summed E-state index contributed by atoms with van der Waals surface area (Å²) in [6, 6.07) is 9.87. The van der Waals surface area contributed by atoms with Gasteiger partial charge in [0.1, 0.15) is 15.7 Å². The Morgan fingerprint density at radius 1 is 1.22 bits per heavy atom. The summed E-state index contributed by atoms with van der Waals surface area (Å²) in [6.45, 7) is 7.31. The van der Waals surface area contributed by atoms with Crippen LogP contribution < -0.4 is 5.32 Å². The average Bonchev–Trinajstić information content (AvgIpc) is 3.46. The zero-order valence-corrected chi connectivity index (χ0v) is 19.8. The van der Waals surface area contributed by atoms with E-state index in [1.54, 1.807) is 40.3 Å². The SMILES string of the molecule is CCn1nc(C)cc1C(=O)Nc1sc2c(c1-c1nc3ccccc3s1)CCN(C(C)=O)C2. The van der Waals surface area contributed by atoms with Gasteiger partial charge in [-0.15, -0.1) is 22.7 Å². The fraction of sp³-hybridized carbons (Fsp3) is 0.304. The van der Waals surface area contributed by atoms with Crippen molar-refractivity contribution in [3.05, 3.63) is 52.2 Å². The number of anilines is 1. The first-order valence-corrected chi connectivity index (χ1v) is 12.2. The Bertz CT molecular complexity index is 1320. The summed E-state index contributed by atoms with van der Waals surface area (Å²) < 4.78 is 2.83. The van der Waals surface area contributed by atoms with Crippen LogP contribution in [0.4, 0.5) is 5.00 Å². The van der Waals surface area contributed by atoms with Crippen LogP contribution in [0.2, 0.25) is 0 Å². The van der Waals surface area contributed by atoms with Crippen LogP contribution in [0.5, 0.6) is 0 Å². The highest BCUT2D eigenvalue weighted by molar-refractivity contribution is 7.23. The molecule has 0 unspecified atom stereocenters. The molecule has 0 radical (unpaired) electrons. The molecule has 0 saturated heterocycles. The number of nitrogens with zero attached hydrogens (tertiary/aromatic N) is 4. The number of aromatic nitrogens is 3. The largest absolute Gasteiger partial charge is 0.337 e. The minimum absolute atomic E-state index is 0.0681. The van der Waals surface area contributed by atoms with Crippen molar-refractivity contribution in [1.29, 1.82) is 0 Å². The van der Waals surface area contributed by atoms with Crippen molar-refractivity contribution < 1.29 is 9.59 Å². The van der Waals surface area contributed by atoms with Crippen molar-refractivity contribution in [3.63, 3.8) is 0 Å². The zero-order valence-electron chi connectivity index (χ0n) is 18.1. The number of para-hydroxylation sites is 1. The number of hydrogen-bond acceptors (Lipinski definition) is 6. The molecule has 9 heteroatoms. The van der Waals surface area contributed by atoms with Gasteiger partial charge in [-0.25, -0.2) is 4.98 Å². The smallest absolute Gasteiger partial charge is 0.274 e. The molecular formula is C23H23N5O2S2. The van der Waals surface area contributed by atoms with E-state index in [4.69, 9.17) is 4.98 Å². The molecule has 1 N–H and O–H groups in total. The van der Waals surface area contributed by atoms with E-state index in [1.807, 2.05) is 36.9 Å². The molecule has 4 heterocycles. The van der Waals surface area contributed by atoms with Crippen LogP contribution in [-0.4, -0.2) is 38.0 Å². The Labute approximate surface area is 193 Å². The van der Waals surface area contributed by atoms with Gasteiger partial charge in [0.25, 0.3) is 5.91 Å². The Morgan fingerprint density at radius 2 is 2.03 bits per heavy atom. The first kappa shape index (κ1) is 20.8. The first-order valence-electron chi connectivity index (χ1n) is 10.6. The summed E-state index contributed by atoms with van der Waals surface area (Å²) in [5.74, 6) is -0.115. The summed E-state index contributed by atoms with van der Waals surface area (Å²) in [7, 11) is 0. The maximum absolute atomic E-state index is 13.2. The molecule has 7 nitrogen and oxygen atoms in total. The molecular weight excluding hydrogens is 442 g/mol. The van der Waals surface area contributed by atoms with Gasteiger partial charge < -0.3 is 10.2 Å². The van der Waals surface area contributed by atoms with Gasteiger partial charge in [0.15, 0.2) is 0 Å². The molecule has 0 fully saturated rings. The van der Waals surface area contributed by atoms with Crippen molar-refractivity contribution in [2.24, 2.45) is 0 Å². The van der Waals surface area contributed by atoms with Crippen molar-refractivity contribution in [2.75, 3.05) is 11.9 Å². The van der Waals surface area contributed by atoms with E-state index in [0.29, 0.717) is 25.3 Å². The number of aryl methyl sites for hydroxylation is 2. The molecule has 4 aromatic rings. The third kappa shape index (κ3) is 3.61. The van der Waals surface area contributed by atoms with Crippen molar-refractivity contribution >= 4 is 49.7 Å². The second-order valence-electron chi connectivity index (χ2n) is 7.83. The van der Waals surface area contributed by atoms with Crippen LogP contribution in [0.1, 0.15) is 40.5 Å². The summed E-state index contributed by atoms with van der Waals surface area (Å²) in [5.41, 5.74) is 4.47. The Morgan fingerprint density at radius 3 is 2.78 bits per heavy atom. The average molecular weight is 466 g/mol. The molecule has 0 atom stereocenters. The topological polar surface area (TPSA) is 80.1 Å². The number of carbonyl (C=O) groups is 2. The lowest BCUT2D eigenvalue weighted by molar-refractivity contribution is -0.129. The van der Waals surface area contributed by atoms with Gasteiger partial charge in [-0.05, 0) is 44.0 Å². The molecule has 0 saturated carbocycles. The highest BCUT2D eigenvalue weighted by Gasteiger charge is 2.29. The third-order valence-corrected chi connectivity index (χ3v) is 7.86. The lowest BCUT2D eigenvalue weighted by Crippen LogP contribution is -2.33. The van der Waals surface area contributed by atoms with Gasteiger partial charge in [-0.1, -0.05) is 12.1 Å². The molecule has 0 bridgehead atoms. The summed E-state index contributed by atoms with van der Waals surface area (Å²) in [5, 5.41) is 9.22. The molecule has 1 aliphatic heterocycles. The van der Waals surface area contributed by atoms with Crippen LogP contribution >= 0.6 is 22.7 Å². The monoisotopic (exact) mass is 465 g/mol.